The van der Waals surface area contributed by atoms with Gasteiger partial charge in [0.25, 0.3) is 0 Å². The number of rotatable bonds is 4. The average Bonchev–Trinajstić information content (AvgIpc) is 3.02. The summed E-state index contributed by atoms with van der Waals surface area (Å²) >= 11 is 0. The van der Waals surface area contributed by atoms with Gasteiger partial charge in [-0.25, -0.2) is 4.39 Å². The van der Waals surface area contributed by atoms with Gasteiger partial charge in [-0.05, 0) is 59.5 Å². The van der Waals surface area contributed by atoms with Crippen LogP contribution in [-0.2, 0) is 24.1 Å². The van der Waals surface area contributed by atoms with Gasteiger partial charge in [0.15, 0.2) is 0 Å². The number of hydrogen-bond donors (Lipinski definition) is 1. The fraction of sp³-hybridized carbons (Fsp3) is 0.190. The number of aryl methyl sites for hydroxylation is 3. The Hall–Kier alpha value is -2.68. The van der Waals surface area contributed by atoms with Crippen LogP contribution in [0.25, 0.3) is 10.8 Å². The molecule has 0 heterocycles. The second-order valence-electron chi connectivity index (χ2n) is 6.29. The minimum Gasteiger partial charge on any atom is -0.326 e. The van der Waals surface area contributed by atoms with Gasteiger partial charge in [0, 0.05) is 17.5 Å². The quantitative estimate of drug-likeness (QED) is 0.745. The first kappa shape index (κ1) is 14.9. The van der Waals surface area contributed by atoms with E-state index in [2.05, 4.69) is 29.6 Å². The molecule has 4 rings (SSSR count). The number of halogens is 1. The third-order valence-electron chi connectivity index (χ3n) is 4.70. The van der Waals surface area contributed by atoms with Crippen LogP contribution in [-0.4, -0.2) is 5.91 Å². The smallest absolute Gasteiger partial charge is 0.224 e. The molecule has 1 aliphatic carbocycles. The van der Waals surface area contributed by atoms with Crippen LogP contribution in [0.5, 0.6) is 0 Å². The number of amides is 1. The van der Waals surface area contributed by atoms with Gasteiger partial charge >= 0.3 is 0 Å². The molecule has 0 atom stereocenters. The number of nitrogens with one attached hydrogen (secondary N) is 1. The molecule has 0 aliphatic heterocycles. The molecule has 0 radical (unpaired) electrons. The van der Waals surface area contributed by atoms with Crippen molar-refractivity contribution >= 4 is 22.4 Å². The van der Waals surface area contributed by atoms with Crippen LogP contribution in [0.1, 0.15) is 23.1 Å². The third-order valence-corrected chi connectivity index (χ3v) is 4.70. The first-order valence-electron chi connectivity index (χ1n) is 8.28. The highest BCUT2D eigenvalue weighted by Gasteiger charge is 2.16. The molecule has 0 saturated carbocycles. The Labute approximate surface area is 140 Å². The molecular formula is C21H18FNO. The van der Waals surface area contributed by atoms with E-state index >= 15 is 0 Å². The normalized spacial score (nSPS) is 12.5. The maximum atomic E-state index is 12.9. The lowest BCUT2D eigenvalue weighted by atomic mass is 10.0. The maximum absolute atomic E-state index is 12.9. The minimum absolute atomic E-state index is 0.0157. The van der Waals surface area contributed by atoms with Crippen molar-refractivity contribution in [2.24, 2.45) is 0 Å². The van der Waals surface area contributed by atoms with Gasteiger partial charge in [0.05, 0.1) is 0 Å². The Morgan fingerprint density at radius 3 is 2.50 bits per heavy atom. The highest BCUT2D eigenvalue weighted by Crippen LogP contribution is 2.35. The second kappa shape index (κ2) is 6.08. The molecule has 3 aromatic carbocycles. The molecule has 120 valence electrons. The molecule has 3 heteroatoms. The summed E-state index contributed by atoms with van der Waals surface area (Å²) in [5.74, 6) is -0.269. The van der Waals surface area contributed by atoms with E-state index in [-0.39, 0.29) is 11.7 Å². The van der Waals surface area contributed by atoms with Gasteiger partial charge < -0.3 is 5.32 Å². The monoisotopic (exact) mass is 319 g/mol. The lowest BCUT2D eigenvalue weighted by Crippen LogP contribution is -2.12. The van der Waals surface area contributed by atoms with Gasteiger partial charge in [-0.15, -0.1) is 0 Å². The summed E-state index contributed by atoms with van der Waals surface area (Å²) in [6.45, 7) is 0. The SMILES string of the molecule is O=C(CCc1ccc(F)cc1)Nc1ccc2c3c(cccc13)CC2. The molecular weight excluding hydrogens is 301 g/mol. The number of anilines is 1. The fourth-order valence-corrected chi connectivity index (χ4v) is 3.48. The van der Waals surface area contributed by atoms with Gasteiger partial charge in [0.2, 0.25) is 5.91 Å². The third kappa shape index (κ3) is 2.78. The Morgan fingerprint density at radius 1 is 0.958 bits per heavy atom. The summed E-state index contributed by atoms with van der Waals surface area (Å²) in [7, 11) is 0. The fourth-order valence-electron chi connectivity index (χ4n) is 3.48. The molecule has 2 nitrogen and oxygen atoms in total. The lowest BCUT2D eigenvalue weighted by molar-refractivity contribution is -0.116. The summed E-state index contributed by atoms with van der Waals surface area (Å²) in [5.41, 5.74) is 4.57. The molecule has 0 aromatic heterocycles. The number of hydrogen-bond acceptors (Lipinski definition) is 1. The van der Waals surface area contributed by atoms with Gasteiger partial charge in [-0.1, -0.05) is 36.4 Å². The predicted octanol–water partition coefficient (Wildman–Crippen LogP) is 4.65. The number of benzene rings is 3. The zero-order valence-corrected chi connectivity index (χ0v) is 13.3. The van der Waals surface area contributed by atoms with Crippen LogP contribution in [0.15, 0.2) is 54.6 Å². The Bertz CT molecular complexity index is 905. The standard InChI is InChI=1S/C21H18FNO/c22-17-10-4-14(5-11-17)6-13-20(24)23-19-12-9-16-8-7-15-2-1-3-18(19)21(15)16/h1-5,9-12H,6-8,13H2,(H,23,24). The van der Waals surface area contributed by atoms with Crippen LogP contribution in [0, 0.1) is 5.82 Å². The molecule has 1 amide bonds. The number of carbonyl (C=O) groups is 1. The van der Waals surface area contributed by atoms with E-state index in [0.29, 0.717) is 12.8 Å². The van der Waals surface area contributed by atoms with E-state index in [1.165, 1.54) is 28.6 Å². The summed E-state index contributed by atoms with van der Waals surface area (Å²) in [5, 5.41) is 5.46. The summed E-state index contributed by atoms with van der Waals surface area (Å²) in [4.78, 5) is 12.3. The largest absolute Gasteiger partial charge is 0.326 e. The summed E-state index contributed by atoms with van der Waals surface area (Å²) in [6, 6.07) is 16.7. The topological polar surface area (TPSA) is 29.1 Å². The van der Waals surface area contributed by atoms with Crippen molar-refractivity contribution < 1.29 is 9.18 Å². The van der Waals surface area contributed by atoms with E-state index in [1.54, 1.807) is 12.1 Å². The highest BCUT2D eigenvalue weighted by molar-refractivity contribution is 6.05. The van der Waals surface area contributed by atoms with Crippen molar-refractivity contribution in [3.63, 3.8) is 0 Å². The Kier molecular flexibility index (Phi) is 3.77. The predicted molar refractivity (Wildman–Crippen MR) is 94.7 cm³/mol. The van der Waals surface area contributed by atoms with Crippen LogP contribution in [0.3, 0.4) is 0 Å². The van der Waals surface area contributed by atoms with E-state index in [4.69, 9.17) is 0 Å². The highest BCUT2D eigenvalue weighted by atomic mass is 19.1. The number of carbonyl (C=O) groups excluding carboxylic acids is 1. The van der Waals surface area contributed by atoms with E-state index in [9.17, 15) is 9.18 Å². The maximum Gasteiger partial charge on any atom is 0.224 e. The van der Waals surface area contributed by atoms with Crippen LogP contribution in [0.2, 0.25) is 0 Å². The molecule has 3 aromatic rings. The molecule has 1 N–H and O–H groups in total. The van der Waals surface area contributed by atoms with Crippen molar-refractivity contribution in [1.82, 2.24) is 0 Å². The Morgan fingerprint density at radius 2 is 1.71 bits per heavy atom. The van der Waals surface area contributed by atoms with Crippen LogP contribution < -0.4 is 5.32 Å². The van der Waals surface area contributed by atoms with Crippen molar-refractivity contribution in [3.8, 4) is 0 Å². The lowest BCUT2D eigenvalue weighted by Gasteiger charge is -2.10. The molecule has 0 unspecified atom stereocenters. The van der Waals surface area contributed by atoms with Crippen molar-refractivity contribution in [2.75, 3.05) is 5.32 Å². The van der Waals surface area contributed by atoms with Gasteiger partial charge in [-0.3, -0.25) is 4.79 Å². The molecule has 1 aliphatic rings. The van der Waals surface area contributed by atoms with Crippen LogP contribution >= 0.6 is 0 Å². The molecule has 0 spiro atoms. The minimum atomic E-state index is -0.254. The molecule has 0 bridgehead atoms. The van der Waals surface area contributed by atoms with E-state index < -0.39 is 0 Å². The molecule has 0 fully saturated rings. The van der Waals surface area contributed by atoms with E-state index in [1.807, 2.05) is 6.07 Å². The molecule has 0 saturated heterocycles. The van der Waals surface area contributed by atoms with Crippen molar-refractivity contribution in [2.45, 2.75) is 25.7 Å². The zero-order chi connectivity index (χ0) is 16.5. The summed E-state index contributed by atoms with van der Waals surface area (Å²) in [6.07, 6.45) is 3.14. The zero-order valence-electron chi connectivity index (χ0n) is 13.3. The Balaban J connectivity index is 1.50. The molecule has 24 heavy (non-hydrogen) atoms. The first-order chi connectivity index (χ1) is 11.7. The van der Waals surface area contributed by atoms with Crippen LogP contribution in [0.4, 0.5) is 10.1 Å². The first-order valence-corrected chi connectivity index (χ1v) is 8.28. The second-order valence-corrected chi connectivity index (χ2v) is 6.29. The van der Waals surface area contributed by atoms with Gasteiger partial charge in [-0.2, -0.15) is 0 Å². The van der Waals surface area contributed by atoms with E-state index in [0.717, 1.165) is 29.5 Å². The average molecular weight is 319 g/mol. The van der Waals surface area contributed by atoms with Crippen molar-refractivity contribution in [3.05, 3.63) is 77.1 Å². The van der Waals surface area contributed by atoms with Gasteiger partial charge in [0.1, 0.15) is 5.82 Å². The van der Waals surface area contributed by atoms with Crippen molar-refractivity contribution in [1.29, 1.82) is 0 Å². The summed E-state index contributed by atoms with van der Waals surface area (Å²) < 4.78 is 12.9.